The van der Waals surface area contributed by atoms with Gasteiger partial charge in [-0.2, -0.15) is 0 Å². The highest BCUT2D eigenvalue weighted by Crippen LogP contribution is 2.49. The van der Waals surface area contributed by atoms with Crippen LogP contribution in [-0.4, -0.2) is 30.8 Å². The molecule has 0 bridgehead atoms. The van der Waals surface area contributed by atoms with E-state index in [1.165, 1.54) is 12.1 Å². The van der Waals surface area contributed by atoms with E-state index in [0.717, 1.165) is 42.7 Å². The van der Waals surface area contributed by atoms with Gasteiger partial charge in [0.15, 0.2) is 5.65 Å². The number of benzene rings is 1. The van der Waals surface area contributed by atoms with Crippen LogP contribution < -0.4 is 0 Å². The summed E-state index contributed by atoms with van der Waals surface area (Å²) in [4.78, 5) is 19.8. The van der Waals surface area contributed by atoms with Gasteiger partial charge in [0.1, 0.15) is 17.2 Å². The first-order valence-electron chi connectivity index (χ1n) is 10.0. The van der Waals surface area contributed by atoms with Gasteiger partial charge in [0.05, 0.1) is 11.3 Å². The molecule has 1 aliphatic heterocycles. The number of carbonyl (C=O) groups is 1. The van der Waals surface area contributed by atoms with Crippen LogP contribution in [-0.2, 0) is 10.3 Å². The Balaban J connectivity index is 1.23. The summed E-state index contributed by atoms with van der Waals surface area (Å²) in [5, 5.41) is 9.10. The second-order valence-corrected chi connectivity index (χ2v) is 8.00. The Hall–Kier alpha value is -3.55. The van der Waals surface area contributed by atoms with Crippen molar-refractivity contribution in [2.45, 2.75) is 37.2 Å². The van der Waals surface area contributed by atoms with E-state index in [9.17, 15) is 9.18 Å². The van der Waals surface area contributed by atoms with Crippen LogP contribution in [0.1, 0.15) is 53.3 Å². The van der Waals surface area contributed by atoms with Gasteiger partial charge in [0.25, 0.3) is 0 Å². The molecule has 7 nitrogen and oxygen atoms in total. The third kappa shape index (κ3) is 2.56. The molecule has 1 spiro atoms. The molecule has 2 aliphatic rings. The van der Waals surface area contributed by atoms with Crippen LogP contribution in [0.2, 0.25) is 0 Å². The Kier molecular flexibility index (Phi) is 3.59. The summed E-state index contributed by atoms with van der Waals surface area (Å²) >= 11 is 0. The maximum Gasteiger partial charge on any atom is 0.339 e. The van der Waals surface area contributed by atoms with Crippen molar-refractivity contribution in [1.82, 2.24) is 24.8 Å². The minimum Gasteiger partial charge on any atom is -0.450 e. The molecule has 1 aliphatic carbocycles. The van der Waals surface area contributed by atoms with Gasteiger partial charge < -0.3 is 9.72 Å². The van der Waals surface area contributed by atoms with Crippen LogP contribution in [0, 0.1) is 5.82 Å². The number of aromatic nitrogens is 5. The highest BCUT2D eigenvalue weighted by molar-refractivity contribution is 5.94. The molecule has 1 saturated carbocycles. The Bertz CT molecular complexity index is 1250. The average molecular weight is 403 g/mol. The highest BCUT2D eigenvalue weighted by Gasteiger charge is 2.48. The van der Waals surface area contributed by atoms with E-state index >= 15 is 0 Å². The SMILES string of the molecule is O=C1OC2(CCC(c3nn4nc(-c5cccc(F)c5)cc4[nH]3)CC2)c2cnccc21. The molecular formula is C22H18FN5O2. The Morgan fingerprint density at radius 2 is 2.03 bits per heavy atom. The summed E-state index contributed by atoms with van der Waals surface area (Å²) in [6.45, 7) is 0. The zero-order valence-corrected chi connectivity index (χ0v) is 16.0. The molecule has 150 valence electrons. The van der Waals surface area contributed by atoms with Crippen molar-refractivity contribution >= 4 is 11.6 Å². The minimum absolute atomic E-state index is 0.231. The number of esters is 1. The molecule has 1 fully saturated rings. The molecule has 0 amide bonds. The monoisotopic (exact) mass is 403 g/mol. The first kappa shape index (κ1) is 17.3. The number of aromatic amines is 1. The van der Waals surface area contributed by atoms with Gasteiger partial charge in [-0.1, -0.05) is 12.1 Å². The zero-order valence-electron chi connectivity index (χ0n) is 16.0. The fourth-order valence-corrected chi connectivity index (χ4v) is 4.72. The third-order valence-electron chi connectivity index (χ3n) is 6.27. The Labute approximate surface area is 170 Å². The van der Waals surface area contributed by atoms with Crippen LogP contribution in [0.3, 0.4) is 0 Å². The molecule has 8 heteroatoms. The number of pyridine rings is 1. The van der Waals surface area contributed by atoms with Crippen LogP contribution >= 0.6 is 0 Å². The standard InChI is InChI=1S/C22H18FN5O2/c23-15-3-1-2-14(10-15)18-11-19-25-20(27-28(19)26-18)13-4-7-22(8-5-13)17-12-24-9-6-16(17)21(29)30-22/h1-3,6,9-13H,4-5,7-8H2,(H,25,27). The second kappa shape index (κ2) is 6.22. The lowest BCUT2D eigenvalue weighted by molar-refractivity contribution is -0.0313. The largest absolute Gasteiger partial charge is 0.450 e. The van der Waals surface area contributed by atoms with Crippen LogP contribution in [0.4, 0.5) is 4.39 Å². The number of fused-ring (bicyclic) bond motifs is 3. The van der Waals surface area contributed by atoms with Crippen LogP contribution in [0.25, 0.3) is 16.9 Å². The molecule has 0 unspecified atom stereocenters. The summed E-state index contributed by atoms with van der Waals surface area (Å²) in [5.74, 6) is 0.550. The van der Waals surface area contributed by atoms with E-state index in [4.69, 9.17) is 4.74 Å². The smallest absolute Gasteiger partial charge is 0.339 e. The van der Waals surface area contributed by atoms with E-state index in [1.54, 1.807) is 29.2 Å². The number of hydrogen-bond donors (Lipinski definition) is 1. The number of halogens is 1. The van der Waals surface area contributed by atoms with E-state index < -0.39 is 5.60 Å². The maximum atomic E-state index is 13.5. The Morgan fingerprint density at radius 3 is 2.83 bits per heavy atom. The van der Waals surface area contributed by atoms with Crippen molar-refractivity contribution in [3.63, 3.8) is 0 Å². The van der Waals surface area contributed by atoms with E-state index in [-0.39, 0.29) is 17.7 Å². The molecule has 1 aromatic carbocycles. The van der Waals surface area contributed by atoms with Gasteiger partial charge in [0, 0.05) is 35.5 Å². The van der Waals surface area contributed by atoms with Crippen LogP contribution in [0.15, 0.2) is 48.8 Å². The molecule has 4 heterocycles. The Morgan fingerprint density at radius 1 is 1.17 bits per heavy atom. The lowest BCUT2D eigenvalue weighted by Crippen LogP contribution is -2.31. The number of H-pyrrole nitrogens is 1. The summed E-state index contributed by atoms with van der Waals surface area (Å²) in [6.07, 6.45) is 6.54. The number of nitrogens with zero attached hydrogens (tertiary/aromatic N) is 4. The van der Waals surface area contributed by atoms with Gasteiger partial charge in [-0.05, 0) is 43.9 Å². The van der Waals surface area contributed by atoms with Crippen molar-refractivity contribution in [2.75, 3.05) is 0 Å². The summed E-state index contributed by atoms with van der Waals surface area (Å²) in [7, 11) is 0. The molecule has 0 atom stereocenters. The highest BCUT2D eigenvalue weighted by atomic mass is 19.1. The molecule has 1 N–H and O–H groups in total. The quantitative estimate of drug-likeness (QED) is 0.512. The van der Waals surface area contributed by atoms with E-state index in [1.807, 2.05) is 12.1 Å². The minimum atomic E-state index is -0.561. The first-order valence-corrected chi connectivity index (χ1v) is 10.0. The molecule has 30 heavy (non-hydrogen) atoms. The predicted octanol–water partition coefficient (Wildman–Crippen LogP) is 3.98. The lowest BCUT2D eigenvalue weighted by Gasteiger charge is -2.35. The van der Waals surface area contributed by atoms with Crippen molar-refractivity contribution in [1.29, 1.82) is 0 Å². The molecule has 0 radical (unpaired) electrons. The number of rotatable bonds is 2. The van der Waals surface area contributed by atoms with E-state index in [0.29, 0.717) is 16.8 Å². The molecule has 0 saturated heterocycles. The fraction of sp³-hybridized carbons (Fsp3) is 0.273. The van der Waals surface area contributed by atoms with Crippen LogP contribution in [0.5, 0.6) is 0 Å². The second-order valence-electron chi connectivity index (χ2n) is 8.00. The molecule has 4 aromatic rings. The third-order valence-corrected chi connectivity index (χ3v) is 6.27. The maximum absolute atomic E-state index is 13.5. The van der Waals surface area contributed by atoms with Gasteiger partial charge in [-0.15, -0.1) is 14.8 Å². The van der Waals surface area contributed by atoms with Crippen molar-refractivity contribution < 1.29 is 13.9 Å². The van der Waals surface area contributed by atoms with Crippen molar-refractivity contribution in [3.05, 3.63) is 71.6 Å². The van der Waals surface area contributed by atoms with Gasteiger partial charge in [-0.25, -0.2) is 9.18 Å². The average Bonchev–Trinajstić information content (AvgIpc) is 3.40. The van der Waals surface area contributed by atoms with Gasteiger partial charge in [0.2, 0.25) is 0 Å². The summed E-state index contributed by atoms with van der Waals surface area (Å²) in [6, 6.07) is 9.96. The van der Waals surface area contributed by atoms with Crippen molar-refractivity contribution in [3.8, 4) is 11.3 Å². The number of carbonyl (C=O) groups excluding carboxylic acids is 1. The lowest BCUT2D eigenvalue weighted by atomic mass is 9.75. The zero-order chi connectivity index (χ0) is 20.3. The first-order chi connectivity index (χ1) is 14.6. The number of hydrogen-bond acceptors (Lipinski definition) is 5. The summed E-state index contributed by atoms with van der Waals surface area (Å²) < 4.78 is 20.9. The molecule has 6 rings (SSSR count). The number of nitrogens with one attached hydrogen (secondary N) is 1. The van der Waals surface area contributed by atoms with Gasteiger partial charge in [-0.3, -0.25) is 4.98 Å². The fourth-order valence-electron chi connectivity index (χ4n) is 4.72. The normalized spacial score (nSPS) is 23.1. The predicted molar refractivity (Wildman–Crippen MR) is 105 cm³/mol. The topological polar surface area (TPSA) is 85.2 Å². The van der Waals surface area contributed by atoms with Gasteiger partial charge >= 0.3 is 5.97 Å². The molecule has 3 aromatic heterocycles. The summed E-state index contributed by atoms with van der Waals surface area (Å²) in [5.41, 5.74) is 3.13. The number of ether oxygens (including phenoxy) is 1. The van der Waals surface area contributed by atoms with Crippen molar-refractivity contribution in [2.24, 2.45) is 0 Å². The molecular weight excluding hydrogens is 385 g/mol. The van der Waals surface area contributed by atoms with E-state index in [2.05, 4.69) is 20.2 Å².